The molecule has 0 aliphatic heterocycles. The first kappa shape index (κ1) is 13.3. The van der Waals surface area contributed by atoms with Crippen molar-refractivity contribution in [2.75, 3.05) is 0 Å². The van der Waals surface area contributed by atoms with Crippen molar-refractivity contribution in [3.63, 3.8) is 0 Å². The molecule has 0 amide bonds. The van der Waals surface area contributed by atoms with Crippen molar-refractivity contribution in [2.24, 2.45) is 5.92 Å². The first-order valence-electron chi connectivity index (χ1n) is 6.77. The van der Waals surface area contributed by atoms with Gasteiger partial charge in [0.05, 0.1) is 0 Å². The fourth-order valence-corrected chi connectivity index (χ4v) is 2.49. The van der Waals surface area contributed by atoms with E-state index >= 15 is 0 Å². The number of furan rings is 1. The van der Waals surface area contributed by atoms with Gasteiger partial charge in [-0.15, -0.1) is 0 Å². The highest BCUT2D eigenvalue weighted by Gasteiger charge is 2.37. The molecule has 1 heterocycles. The zero-order valence-electron chi connectivity index (χ0n) is 11.1. The fraction of sp³-hybridized carbons (Fsp3) is 0.375. The van der Waals surface area contributed by atoms with Crippen LogP contribution in [0.4, 0.5) is 8.78 Å². The fourth-order valence-electron chi connectivity index (χ4n) is 2.49. The van der Waals surface area contributed by atoms with Crippen molar-refractivity contribution in [2.45, 2.75) is 31.8 Å². The van der Waals surface area contributed by atoms with E-state index in [1.165, 1.54) is 18.2 Å². The maximum Gasteiger partial charge on any atom is 0.133 e. The van der Waals surface area contributed by atoms with E-state index in [0.717, 1.165) is 12.2 Å². The van der Waals surface area contributed by atoms with Gasteiger partial charge in [-0.1, -0.05) is 13.0 Å². The molecule has 1 N–H and O–H groups in total. The molecule has 4 heteroatoms. The Morgan fingerprint density at radius 1 is 1.25 bits per heavy atom. The number of aliphatic hydroxyl groups is 1. The van der Waals surface area contributed by atoms with Crippen molar-refractivity contribution < 1.29 is 18.3 Å². The maximum absolute atomic E-state index is 13.5. The van der Waals surface area contributed by atoms with Crippen LogP contribution in [0.3, 0.4) is 0 Å². The molecule has 0 radical (unpaired) electrons. The standard InChI is InChI=1S/C16H16F2O2/c1-9-7-10(9)15-5-6-16(20-15)14(19)8-11-12(17)3-2-4-13(11)18/h2-6,9-10,14,19H,7-8H2,1H3. The van der Waals surface area contributed by atoms with Crippen LogP contribution in [0.15, 0.2) is 34.7 Å². The summed E-state index contributed by atoms with van der Waals surface area (Å²) in [5.41, 5.74) is -0.113. The minimum absolute atomic E-state index is 0.113. The minimum Gasteiger partial charge on any atom is -0.463 e. The van der Waals surface area contributed by atoms with Gasteiger partial charge < -0.3 is 9.52 Å². The predicted octanol–water partition coefficient (Wildman–Crippen LogP) is 3.96. The molecular weight excluding hydrogens is 262 g/mol. The summed E-state index contributed by atoms with van der Waals surface area (Å²) in [4.78, 5) is 0. The molecule has 3 unspecified atom stereocenters. The molecule has 2 nitrogen and oxygen atoms in total. The number of halogens is 2. The van der Waals surface area contributed by atoms with Crippen LogP contribution in [-0.2, 0) is 6.42 Å². The quantitative estimate of drug-likeness (QED) is 0.918. The van der Waals surface area contributed by atoms with Crippen LogP contribution in [0.2, 0.25) is 0 Å². The van der Waals surface area contributed by atoms with Gasteiger partial charge in [0, 0.05) is 17.9 Å². The summed E-state index contributed by atoms with van der Waals surface area (Å²) in [5, 5.41) is 10.1. The highest BCUT2D eigenvalue weighted by molar-refractivity contribution is 5.23. The van der Waals surface area contributed by atoms with E-state index < -0.39 is 17.7 Å². The molecule has 0 saturated heterocycles. The molecule has 1 fully saturated rings. The summed E-state index contributed by atoms with van der Waals surface area (Å²) >= 11 is 0. The normalized spacial score (nSPS) is 22.8. The van der Waals surface area contributed by atoms with Crippen molar-refractivity contribution in [3.05, 3.63) is 59.1 Å². The SMILES string of the molecule is CC1CC1c1ccc(C(O)Cc2c(F)cccc2F)o1. The van der Waals surface area contributed by atoms with Gasteiger partial charge in [0.1, 0.15) is 29.3 Å². The Labute approximate surface area is 116 Å². The van der Waals surface area contributed by atoms with Gasteiger partial charge in [-0.2, -0.15) is 0 Å². The lowest BCUT2D eigenvalue weighted by Gasteiger charge is -2.09. The van der Waals surface area contributed by atoms with E-state index in [1.807, 2.05) is 6.07 Å². The molecule has 1 saturated carbocycles. The second kappa shape index (κ2) is 5.02. The summed E-state index contributed by atoms with van der Waals surface area (Å²) in [5.74, 6) is 0.942. The summed E-state index contributed by atoms with van der Waals surface area (Å²) in [6.07, 6.45) is -0.0827. The molecular formula is C16H16F2O2. The van der Waals surface area contributed by atoms with E-state index in [2.05, 4.69) is 6.92 Å². The summed E-state index contributed by atoms with van der Waals surface area (Å²) in [6, 6.07) is 7.20. The lowest BCUT2D eigenvalue weighted by atomic mass is 10.1. The molecule has 0 spiro atoms. The van der Waals surface area contributed by atoms with Crippen LogP contribution >= 0.6 is 0 Å². The number of benzene rings is 1. The molecule has 1 aliphatic rings. The Morgan fingerprint density at radius 2 is 1.90 bits per heavy atom. The number of hydrogen-bond acceptors (Lipinski definition) is 2. The van der Waals surface area contributed by atoms with Gasteiger partial charge in [-0.25, -0.2) is 8.78 Å². The van der Waals surface area contributed by atoms with Crippen molar-refractivity contribution in [3.8, 4) is 0 Å². The largest absolute Gasteiger partial charge is 0.463 e. The average molecular weight is 278 g/mol. The Bertz CT molecular complexity index is 600. The third kappa shape index (κ3) is 2.48. The van der Waals surface area contributed by atoms with E-state index in [4.69, 9.17) is 4.42 Å². The number of aliphatic hydroxyl groups excluding tert-OH is 1. The lowest BCUT2D eigenvalue weighted by Crippen LogP contribution is -2.04. The predicted molar refractivity (Wildman–Crippen MR) is 70.3 cm³/mol. The number of hydrogen-bond donors (Lipinski definition) is 1. The third-order valence-electron chi connectivity index (χ3n) is 3.91. The first-order chi connectivity index (χ1) is 9.56. The Morgan fingerprint density at radius 3 is 2.50 bits per heavy atom. The highest BCUT2D eigenvalue weighted by Crippen LogP contribution is 2.47. The molecule has 106 valence electrons. The third-order valence-corrected chi connectivity index (χ3v) is 3.91. The zero-order chi connectivity index (χ0) is 14.3. The van der Waals surface area contributed by atoms with Crippen LogP contribution in [0.25, 0.3) is 0 Å². The van der Waals surface area contributed by atoms with Crippen molar-refractivity contribution in [1.29, 1.82) is 0 Å². The van der Waals surface area contributed by atoms with Gasteiger partial charge in [0.25, 0.3) is 0 Å². The second-order valence-electron chi connectivity index (χ2n) is 5.48. The van der Waals surface area contributed by atoms with Crippen molar-refractivity contribution in [1.82, 2.24) is 0 Å². The molecule has 0 bridgehead atoms. The van der Waals surface area contributed by atoms with Crippen molar-refractivity contribution >= 4 is 0 Å². The van der Waals surface area contributed by atoms with Gasteiger partial charge in [0.2, 0.25) is 0 Å². The van der Waals surface area contributed by atoms with Crippen LogP contribution in [0.1, 0.15) is 42.5 Å². The molecule has 3 rings (SSSR count). The molecule has 2 aromatic rings. The van der Waals surface area contributed by atoms with E-state index in [0.29, 0.717) is 17.6 Å². The lowest BCUT2D eigenvalue weighted by molar-refractivity contribution is 0.145. The van der Waals surface area contributed by atoms with E-state index in [1.54, 1.807) is 6.07 Å². The second-order valence-corrected chi connectivity index (χ2v) is 5.48. The van der Waals surface area contributed by atoms with E-state index in [9.17, 15) is 13.9 Å². The summed E-state index contributed by atoms with van der Waals surface area (Å²) in [6.45, 7) is 2.14. The monoisotopic (exact) mass is 278 g/mol. The summed E-state index contributed by atoms with van der Waals surface area (Å²) in [7, 11) is 0. The topological polar surface area (TPSA) is 33.4 Å². The molecule has 1 aromatic heterocycles. The molecule has 20 heavy (non-hydrogen) atoms. The van der Waals surface area contributed by atoms with Crippen LogP contribution in [0.5, 0.6) is 0 Å². The number of rotatable bonds is 4. The van der Waals surface area contributed by atoms with Gasteiger partial charge in [-0.05, 0) is 36.6 Å². The van der Waals surface area contributed by atoms with Crippen LogP contribution < -0.4 is 0 Å². The van der Waals surface area contributed by atoms with E-state index in [-0.39, 0.29) is 12.0 Å². The Balaban J connectivity index is 1.76. The van der Waals surface area contributed by atoms with Crippen LogP contribution in [0, 0.1) is 17.6 Å². The molecule has 1 aliphatic carbocycles. The Hall–Kier alpha value is -1.68. The maximum atomic E-state index is 13.5. The molecule has 1 aromatic carbocycles. The smallest absolute Gasteiger partial charge is 0.133 e. The molecule has 3 atom stereocenters. The van der Waals surface area contributed by atoms with Gasteiger partial charge >= 0.3 is 0 Å². The van der Waals surface area contributed by atoms with Gasteiger partial charge in [-0.3, -0.25) is 0 Å². The highest BCUT2D eigenvalue weighted by atomic mass is 19.1. The van der Waals surface area contributed by atoms with Crippen LogP contribution in [-0.4, -0.2) is 5.11 Å². The minimum atomic E-state index is -1.04. The summed E-state index contributed by atoms with van der Waals surface area (Å²) < 4.78 is 32.7. The Kier molecular flexibility index (Phi) is 3.34. The van der Waals surface area contributed by atoms with Gasteiger partial charge in [0.15, 0.2) is 0 Å². The average Bonchev–Trinajstić information content (AvgIpc) is 2.95. The zero-order valence-corrected chi connectivity index (χ0v) is 11.1. The first-order valence-corrected chi connectivity index (χ1v) is 6.77.